The van der Waals surface area contributed by atoms with E-state index in [9.17, 15) is 0 Å². The third-order valence-electron chi connectivity index (χ3n) is 4.19. The van der Waals surface area contributed by atoms with Gasteiger partial charge in [-0.2, -0.15) is 0 Å². The van der Waals surface area contributed by atoms with E-state index in [1.807, 2.05) is 24.3 Å². The number of hydrogen-bond donors (Lipinski definition) is 0. The number of rotatable bonds is 11. The van der Waals surface area contributed by atoms with Gasteiger partial charge in [-0.3, -0.25) is 0 Å². The fraction of sp³-hybridized carbons (Fsp3) is 0.586. The molecule has 0 aliphatic rings. The summed E-state index contributed by atoms with van der Waals surface area (Å²) in [7, 11) is 0. The Morgan fingerprint density at radius 1 is 0.862 bits per heavy atom. The van der Waals surface area contributed by atoms with E-state index in [0.29, 0.717) is 0 Å². The number of hydrogen-bond acceptors (Lipinski definition) is 0. The molecule has 0 rings (SSSR count). The number of allylic oxidation sites excluding steroid dienone is 7. The van der Waals surface area contributed by atoms with Gasteiger partial charge in [-0.15, -0.1) is 6.58 Å². The second kappa shape index (κ2) is 34.0. The van der Waals surface area contributed by atoms with Crippen LogP contribution in [0.3, 0.4) is 0 Å². The van der Waals surface area contributed by atoms with Crippen molar-refractivity contribution in [3.05, 3.63) is 73.9 Å². The zero-order valence-corrected chi connectivity index (χ0v) is 20.6. The van der Waals surface area contributed by atoms with E-state index in [4.69, 9.17) is 0 Å². The predicted octanol–water partition coefficient (Wildman–Crippen LogP) is 11.1. The maximum Gasteiger partial charge on any atom is -0.0288 e. The molecule has 0 fully saturated rings. The Balaban J connectivity index is -0.0000000873. The third kappa shape index (κ3) is 46.4. The maximum absolute atomic E-state index is 3.86. The Bertz CT molecular complexity index is 406. The summed E-state index contributed by atoms with van der Waals surface area (Å²) in [6.45, 7) is 33.5. The molecule has 0 aromatic rings. The van der Waals surface area contributed by atoms with E-state index < -0.39 is 0 Å². The first-order chi connectivity index (χ1) is 13.2. The summed E-state index contributed by atoms with van der Waals surface area (Å²) in [6.07, 6.45) is 17.1. The zero-order chi connectivity index (χ0) is 22.8. The van der Waals surface area contributed by atoms with E-state index in [1.54, 1.807) is 0 Å². The fourth-order valence-electron chi connectivity index (χ4n) is 1.72. The molecule has 0 aromatic heterocycles. The van der Waals surface area contributed by atoms with E-state index in [2.05, 4.69) is 81.4 Å². The van der Waals surface area contributed by atoms with E-state index >= 15 is 0 Å². The second-order valence-corrected chi connectivity index (χ2v) is 7.11. The molecular formula is C29H56. The molecule has 0 heterocycles. The van der Waals surface area contributed by atoms with Gasteiger partial charge in [0.15, 0.2) is 0 Å². The van der Waals surface area contributed by atoms with Crippen LogP contribution in [-0.4, -0.2) is 0 Å². The Morgan fingerprint density at radius 3 is 1.52 bits per heavy atom. The SMILES string of the molecule is C.C=C(CC)CCC.C=C/C=C(\C)CC.C=CC(=C)CCC.C=CCC(C)CC. The quantitative estimate of drug-likeness (QED) is 0.237. The standard InChI is InChI=1S/2C7H14.2C7H12.CH4/c4*1-4-6-7(3)5-2;/h3-6H2,1-2H3;4,7H,1,5-6H2,2-3H3;5H,2-4,6H2,1H3;4,6H,1,5H2,2-3H3;1H4/b;;;7-6+;. The van der Waals surface area contributed by atoms with Crippen LogP contribution in [0.1, 0.15) is 107 Å². The first kappa shape index (κ1) is 38.1. The van der Waals surface area contributed by atoms with E-state index in [1.165, 1.54) is 36.8 Å². The maximum atomic E-state index is 3.86. The van der Waals surface area contributed by atoms with Crippen molar-refractivity contribution < 1.29 is 0 Å². The first-order valence-corrected chi connectivity index (χ1v) is 11.1. The van der Waals surface area contributed by atoms with Crippen molar-refractivity contribution in [2.24, 2.45) is 5.92 Å². The molecule has 1 atom stereocenters. The van der Waals surface area contributed by atoms with Crippen molar-refractivity contribution in [3.8, 4) is 0 Å². The Morgan fingerprint density at radius 2 is 1.38 bits per heavy atom. The third-order valence-corrected chi connectivity index (χ3v) is 4.19. The minimum absolute atomic E-state index is 0. The van der Waals surface area contributed by atoms with Crippen molar-refractivity contribution in [3.63, 3.8) is 0 Å². The largest absolute Gasteiger partial charge is 0.103 e. The van der Waals surface area contributed by atoms with Crippen LogP contribution in [0, 0.1) is 5.92 Å². The lowest BCUT2D eigenvalue weighted by molar-refractivity contribution is 0.572. The van der Waals surface area contributed by atoms with E-state index in [0.717, 1.165) is 37.2 Å². The molecule has 172 valence electrons. The molecule has 0 nitrogen and oxygen atoms in total. The van der Waals surface area contributed by atoms with Crippen LogP contribution < -0.4 is 0 Å². The van der Waals surface area contributed by atoms with Gasteiger partial charge in [-0.25, -0.2) is 0 Å². The summed E-state index contributed by atoms with van der Waals surface area (Å²) in [6, 6.07) is 0. The van der Waals surface area contributed by atoms with Crippen molar-refractivity contribution in [2.45, 2.75) is 107 Å². The Labute approximate surface area is 187 Å². The van der Waals surface area contributed by atoms with Gasteiger partial charge in [-0.1, -0.05) is 136 Å². The van der Waals surface area contributed by atoms with Crippen molar-refractivity contribution in [2.75, 3.05) is 0 Å². The molecule has 0 spiro atoms. The zero-order valence-electron chi connectivity index (χ0n) is 20.6. The molecule has 0 saturated carbocycles. The smallest absolute Gasteiger partial charge is 0.0288 e. The summed E-state index contributed by atoms with van der Waals surface area (Å²) in [4.78, 5) is 0. The van der Waals surface area contributed by atoms with Crippen LogP contribution in [0.2, 0.25) is 0 Å². The molecule has 29 heavy (non-hydrogen) atoms. The van der Waals surface area contributed by atoms with Gasteiger partial charge < -0.3 is 0 Å². The highest BCUT2D eigenvalue weighted by Gasteiger charge is 1.90. The van der Waals surface area contributed by atoms with Crippen LogP contribution in [0.4, 0.5) is 0 Å². The summed E-state index contributed by atoms with van der Waals surface area (Å²) in [5.74, 6) is 0.831. The lowest BCUT2D eigenvalue weighted by atomic mass is 10.1. The van der Waals surface area contributed by atoms with Crippen LogP contribution in [0.15, 0.2) is 73.9 Å². The van der Waals surface area contributed by atoms with Gasteiger partial charge in [0, 0.05) is 0 Å². The minimum atomic E-state index is 0. The summed E-state index contributed by atoms with van der Waals surface area (Å²) < 4.78 is 0. The van der Waals surface area contributed by atoms with Gasteiger partial charge in [-0.05, 0) is 44.9 Å². The molecule has 0 amide bonds. The minimum Gasteiger partial charge on any atom is -0.103 e. The Kier molecular flexibility index (Phi) is 44.6. The molecule has 0 N–H and O–H groups in total. The Hall–Kier alpha value is -1.56. The van der Waals surface area contributed by atoms with Crippen molar-refractivity contribution in [1.82, 2.24) is 0 Å². The lowest BCUT2D eigenvalue weighted by Crippen LogP contribution is -1.86. The molecule has 0 aliphatic heterocycles. The van der Waals surface area contributed by atoms with Crippen molar-refractivity contribution in [1.29, 1.82) is 0 Å². The highest BCUT2D eigenvalue weighted by atomic mass is 14.0. The molecule has 0 radical (unpaired) electrons. The van der Waals surface area contributed by atoms with Gasteiger partial charge >= 0.3 is 0 Å². The average Bonchev–Trinajstić information content (AvgIpc) is 2.70. The van der Waals surface area contributed by atoms with Gasteiger partial charge in [0.05, 0.1) is 0 Å². The molecule has 0 aromatic carbocycles. The van der Waals surface area contributed by atoms with Gasteiger partial charge in [0.25, 0.3) is 0 Å². The molecule has 0 saturated heterocycles. The molecule has 1 unspecified atom stereocenters. The fourth-order valence-corrected chi connectivity index (χ4v) is 1.72. The van der Waals surface area contributed by atoms with Crippen LogP contribution in [-0.2, 0) is 0 Å². The highest BCUT2D eigenvalue weighted by Crippen LogP contribution is 2.05. The molecule has 0 bridgehead atoms. The van der Waals surface area contributed by atoms with Gasteiger partial charge in [0.2, 0.25) is 0 Å². The van der Waals surface area contributed by atoms with Crippen LogP contribution in [0.5, 0.6) is 0 Å². The van der Waals surface area contributed by atoms with Crippen LogP contribution in [0.25, 0.3) is 0 Å². The topological polar surface area (TPSA) is 0 Å². The summed E-state index contributed by atoms with van der Waals surface area (Å²) in [5.41, 5.74) is 3.90. The van der Waals surface area contributed by atoms with Crippen LogP contribution >= 0.6 is 0 Å². The van der Waals surface area contributed by atoms with Gasteiger partial charge in [0.1, 0.15) is 0 Å². The second-order valence-electron chi connectivity index (χ2n) is 7.11. The first-order valence-electron chi connectivity index (χ1n) is 11.1. The highest BCUT2D eigenvalue weighted by molar-refractivity contribution is 5.09. The lowest BCUT2D eigenvalue weighted by Gasteiger charge is -2.00. The normalized spacial score (nSPS) is 10.1. The molecular weight excluding hydrogens is 348 g/mol. The van der Waals surface area contributed by atoms with Crippen molar-refractivity contribution >= 4 is 0 Å². The summed E-state index contributed by atoms with van der Waals surface area (Å²) >= 11 is 0. The molecule has 0 heteroatoms. The average molecular weight is 405 g/mol. The summed E-state index contributed by atoms with van der Waals surface area (Å²) in [5, 5.41) is 0. The monoisotopic (exact) mass is 404 g/mol. The molecule has 0 aliphatic carbocycles. The predicted molar refractivity (Wildman–Crippen MR) is 144 cm³/mol. The van der Waals surface area contributed by atoms with E-state index in [-0.39, 0.29) is 7.43 Å².